The SMILES string of the molecule is COC(=O)CCc1ccc(Cl)cc1C(=O)OC. The largest absolute Gasteiger partial charge is 0.469 e. The zero-order valence-electron chi connectivity index (χ0n) is 9.66. The van der Waals surface area contributed by atoms with Crippen molar-refractivity contribution in [3.8, 4) is 0 Å². The number of carbonyl (C=O) groups excluding carboxylic acids is 2. The fourth-order valence-corrected chi connectivity index (χ4v) is 1.58. The lowest BCUT2D eigenvalue weighted by Crippen LogP contribution is -2.08. The predicted octanol–water partition coefficient (Wildman–Crippen LogP) is 2.23. The molecule has 0 saturated heterocycles. The highest BCUT2D eigenvalue weighted by Gasteiger charge is 2.13. The number of esters is 2. The molecule has 0 atom stereocenters. The van der Waals surface area contributed by atoms with Crippen LogP contribution < -0.4 is 0 Å². The Hall–Kier alpha value is -1.55. The standard InChI is InChI=1S/C12H13ClO4/c1-16-11(14)6-4-8-3-5-9(13)7-10(8)12(15)17-2/h3,5,7H,4,6H2,1-2H3. The second kappa shape index (κ2) is 6.25. The van der Waals surface area contributed by atoms with E-state index < -0.39 is 5.97 Å². The van der Waals surface area contributed by atoms with E-state index in [4.69, 9.17) is 11.6 Å². The monoisotopic (exact) mass is 256 g/mol. The number of carbonyl (C=O) groups is 2. The number of hydrogen-bond donors (Lipinski definition) is 0. The first-order valence-corrected chi connectivity index (χ1v) is 5.40. The lowest BCUT2D eigenvalue weighted by atomic mass is 10.0. The maximum Gasteiger partial charge on any atom is 0.338 e. The van der Waals surface area contributed by atoms with Crippen LogP contribution in [0, 0.1) is 0 Å². The van der Waals surface area contributed by atoms with Gasteiger partial charge in [0.25, 0.3) is 0 Å². The molecule has 0 aromatic heterocycles. The average molecular weight is 257 g/mol. The van der Waals surface area contributed by atoms with E-state index in [9.17, 15) is 9.59 Å². The van der Waals surface area contributed by atoms with Crippen molar-refractivity contribution in [3.05, 3.63) is 34.3 Å². The highest BCUT2D eigenvalue weighted by Crippen LogP contribution is 2.18. The number of halogens is 1. The quantitative estimate of drug-likeness (QED) is 0.776. The topological polar surface area (TPSA) is 52.6 Å². The Balaban J connectivity index is 2.90. The van der Waals surface area contributed by atoms with Gasteiger partial charge in [-0.3, -0.25) is 4.79 Å². The third kappa shape index (κ3) is 3.75. The van der Waals surface area contributed by atoms with Crippen LogP contribution >= 0.6 is 11.6 Å². The van der Waals surface area contributed by atoms with Crippen LogP contribution in [0.4, 0.5) is 0 Å². The molecule has 0 radical (unpaired) electrons. The molecular weight excluding hydrogens is 244 g/mol. The first-order chi connectivity index (χ1) is 8.08. The van der Waals surface area contributed by atoms with E-state index in [1.807, 2.05) is 0 Å². The van der Waals surface area contributed by atoms with Crippen LogP contribution in [0.15, 0.2) is 18.2 Å². The molecule has 0 saturated carbocycles. The van der Waals surface area contributed by atoms with Gasteiger partial charge in [0, 0.05) is 11.4 Å². The van der Waals surface area contributed by atoms with Gasteiger partial charge in [0.05, 0.1) is 19.8 Å². The van der Waals surface area contributed by atoms with Gasteiger partial charge in [0.2, 0.25) is 0 Å². The van der Waals surface area contributed by atoms with E-state index >= 15 is 0 Å². The van der Waals surface area contributed by atoms with Gasteiger partial charge >= 0.3 is 11.9 Å². The highest BCUT2D eigenvalue weighted by atomic mass is 35.5. The molecule has 0 unspecified atom stereocenters. The Bertz CT molecular complexity index is 429. The third-order valence-corrected chi connectivity index (χ3v) is 2.54. The zero-order chi connectivity index (χ0) is 12.8. The van der Waals surface area contributed by atoms with Crippen LogP contribution in [0.1, 0.15) is 22.3 Å². The molecule has 0 heterocycles. The zero-order valence-corrected chi connectivity index (χ0v) is 10.4. The van der Waals surface area contributed by atoms with E-state index in [0.717, 1.165) is 0 Å². The number of ether oxygens (including phenoxy) is 2. The van der Waals surface area contributed by atoms with Crippen molar-refractivity contribution < 1.29 is 19.1 Å². The molecule has 1 rings (SSSR count). The summed E-state index contributed by atoms with van der Waals surface area (Å²) in [7, 11) is 2.62. The molecule has 0 bridgehead atoms. The summed E-state index contributed by atoms with van der Waals surface area (Å²) >= 11 is 5.81. The van der Waals surface area contributed by atoms with Crippen molar-refractivity contribution in [2.24, 2.45) is 0 Å². The number of hydrogen-bond acceptors (Lipinski definition) is 4. The molecule has 1 aromatic rings. The summed E-state index contributed by atoms with van der Waals surface area (Å²) < 4.78 is 9.19. The molecule has 5 heteroatoms. The van der Waals surface area contributed by atoms with Crippen molar-refractivity contribution in [2.75, 3.05) is 14.2 Å². The second-order valence-corrected chi connectivity index (χ2v) is 3.81. The van der Waals surface area contributed by atoms with Crippen LogP contribution in [0.3, 0.4) is 0 Å². The summed E-state index contributed by atoms with van der Waals surface area (Å²) in [4.78, 5) is 22.5. The lowest BCUT2D eigenvalue weighted by molar-refractivity contribution is -0.140. The van der Waals surface area contributed by atoms with Crippen LogP contribution in [-0.4, -0.2) is 26.2 Å². The molecular formula is C12H13ClO4. The van der Waals surface area contributed by atoms with E-state index in [-0.39, 0.29) is 12.4 Å². The maximum atomic E-state index is 11.5. The minimum atomic E-state index is -0.465. The fourth-order valence-electron chi connectivity index (χ4n) is 1.41. The van der Waals surface area contributed by atoms with Gasteiger partial charge in [0.1, 0.15) is 0 Å². The summed E-state index contributed by atoms with van der Waals surface area (Å²) in [6, 6.07) is 4.90. The Labute approximate surface area is 104 Å². The predicted molar refractivity (Wildman–Crippen MR) is 63.1 cm³/mol. The molecule has 17 heavy (non-hydrogen) atoms. The van der Waals surface area contributed by atoms with E-state index in [1.54, 1.807) is 12.1 Å². The van der Waals surface area contributed by atoms with Gasteiger partial charge in [-0.25, -0.2) is 4.79 Å². The lowest BCUT2D eigenvalue weighted by Gasteiger charge is -2.07. The molecule has 0 amide bonds. The van der Waals surface area contributed by atoms with E-state index in [0.29, 0.717) is 22.6 Å². The summed E-state index contributed by atoms with van der Waals surface area (Å²) in [5.74, 6) is -0.789. The van der Waals surface area contributed by atoms with Crippen molar-refractivity contribution in [1.29, 1.82) is 0 Å². The summed E-state index contributed by atoms with van der Waals surface area (Å²) in [6.07, 6.45) is 0.621. The fraction of sp³-hybridized carbons (Fsp3) is 0.333. The van der Waals surface area contributed by atoms with Gasteiger partial charge in [0.15, 0.2) is 0 Å². The summed E-state index contributed by atoms with van der Waals surface area (Å²) in [6.45, 7) is 0. The van der Waals surface area contributed by atoms with Crippen LogP contribution in [-0.2, 0) is 20.7 Å². The molecule has 1 aromatic carbocycles. The van der Waals surface area contributed by atoms with Crippen LogP contribution in [0.5, 0.6) is 0 Å². The third-order valence-electron chi connectivity index (χ3n) is 2.30. The normalized spacial score (nSPS) is 9.82. The Morgan fingerprint density at radius 2 is 1.94 bits per heavy atom. The van der Waals surface area contributed by atoms with Crippen molar-refractivity contribution >= 4 is 23.5 Å². The molecule has 92 valence electrons. The van der Waals surface area contributed by atoms with E-state index in [1.165, 1.54) is 20.3 Å². The first-order valence-electron chi connectivity index (χ1n) is 5.02. The molecule has 0 fully saturated rings. The van der Waals surface area contributed by atoms with Crippen molar-refractivity contribution in [2.45, 2.75) is 12.8 Å². The Morgan fingerprint density at radius 1 is 1.24 bits per heavy atom. The summed E-state index contributed by atoms with van der Waals surface area (Å²) in [5, 5.41) is 0.451. The average Bonchev–Trinajstić information content (AvgIpc) is 2.35. The van der Waals surface area contributed by atoms with Gasteiger partial charge in [-0.05, 0) is 24.1 Å². The van der Waals surface area contributed by atoms with Gasteiger partial charge in [-0.2, -0.15) is 0 Å². The van der Waals surface area contributed by atoms with Gasteiger partial charge < -0.3 is 9.47 Å². The van der Waals surface area contributed by atoms with E-state index in [2.05, 4.69) is 9.47 Å². The number of benzene rings is 1. The van der Waals surface area contributed by atoms with Crippen LogP contribution in [0.2, 0.25) is 5.02 Å². The van der Waals surface area contributed by atoms with Crippen LogP contribution in [0.25, 0.3) is 0 Å². The molecule has 4 nitrogen and oxygen atoms in total. The van der Waals surface area contributed by atoms with Gasteiger partial charge in [-0.15, -0.1) is 0 Å². The Kier molecular flexibility index (Phi) is 4.97. The van der Waals surface area contributed by atoms with Crippen molar-refractivity contribution in [1.82, 2.24) is 0 Å². The van der Waals surface area contributed by atoms with Crippen molar-refractivity contribution in [3.63, 3.8) is 0 Å². The number of aryl methyl sites for hydroxylation is 1. The second-order valence-electron chi connectivity index (χ2n) is 3.37. The molecule has 0 aliphatic rings. The molecule has 0 spiro atoms. The molecule has 0 aliphatic heterocycles. The number of rotatable bonds is 4. The summed E-state index contributed by atoms with van der Waals surface area (Å²) in [5.41, 5.74) is 1.09. The molecule has 0 N–H and O–H groups in total. The van der Waals surface area contributed by atoms with Gasteiger partial charge in [-0.1, -0.05) is 17.7 Å². The highest BCUT2D eigenvalue weighted by molar-refractivity contribution is 6.31. The minimum Gasteiger partial charge on any atom is -0.469 e. The number of methoxy groups -OCH3 is 2. The maximum absolute atomic E-state index is 11.5. The smallest absolute Gasteiger partial charge is 0.338 e. The Morgan fingerprint density at radius 3 is 2.53 bits per heavy atom. The molecule has 0 aliphatic carbocycles. The first kappa shape index (κ1) is 13.5. The minimum absolute atomic E-state index is 0.210.